The molecule has 2 heterocycles. The van der Waals surface area contributed by atoms with E-state index in [0.717, 1.165) is 12.1 Å². The second-order valence-corrected chi connectivity index (χ2v) is 6.05. The Morgan fingerprint density at radius 2 is 2.00 bits per heavy atom. The van der Waals surface area contributed by atoms with Crippen LogP contribution in [0.1, 0.15) is 24.2 Å². The Morgan fingerprint density at radius 3 is 2.54 bits per heavy atom. The lowest BCUT2D eigenvalue weighted by Gasteiger charge is -2.15. The first-order chi connectivity index (χ1) is 12.4. The fraction of sp³-hybridized carbons (Fsp3) is 0.353. The highest BCUT2D eigenvalue weighted by atomic mass is 16.6. The van der Waals surface area contributed by atoms with Gasteiger partial charge in [0.25, 0.3) is 0 Å². The highest BCUT2D eigenvalue weighted by molar-refractivity contribution is 5.95. The summed E-state index contributed by atoms with van der Waals surface area (Å²) in [5, 5.41) is 15.0. The number of carbonyl (C=O) groups excluding carboxylic acids is 2. The van der Waals surface area contributed by atoms with E-state index in [1.807, 2.05) is 0 Å². The van der Waals surface area contributed by atoms with Crippen LogP contribution in [0.5, 0.6) is 5.75 Å². The van der Waals surface area contributed by atoms with E-state index in [0.29, 0.717) is 24.4 Å². The third-order valence-corrected chi connectivity index (χ3v) is 4.26. The van der Waals surface area contributed by atoms with Crippen molar-refractivity contribution < 1.29 is 19.2 Å². The third-order valence-electron chi connectivity index (χ3n) is 4.26. The molecule has 136 valence electrons. The van der Waals surface area contributed by atoms with Crippen LogP contribution in [0.15, 0.2) is 24.3 Å². The number of aryl methyl sites for hydroxylation is 1. The zero-order valence-electron chi connectivity index (χ0n) is 14.5. The van der Waals surface area contributed by atoms with E-state index in [-0.39, 0.29) is 23.8 Å². The summed E-state index contributed by atoms with van der Waals surface area (Å²) >= 11 is 0. The Bertz CT molecular complexity index is 872. The van der Waals surface area contributed by atoms with Crippen LogP contribution in [0.4, 0.5) is 11.4 Å². The van der Waals surface area contributed by atoms with Gasteiger partial charge in [0.2, 0.25) is 5.91 Å². The molecule has 1 amide bonds. The lowest BCUT2D eigenvalue weighted by atomic mass is 10.3. The molecule has 1 fully saturated rings. The molecular formula is C17H18N4O5. The largest absolute Gasteiger partial charge is 0.425 e. The van der Waals surface area contributed by atoms with Crippen molar-refractivity contribution in [3.8, 4) is 5.75 Å². The number of ether oxygens (including phenoxy) is 1. The molecule has 0 bridgehead atoms. The summed E-state index contributed by atoms with van der Waals surface area (Å²) in [7, 11) is 0. The van der Waals surface area contributed by atoms with Crippen molar-refractivity contribution in [1.29, 1.82) is 0 Å². The van der Waals surface area contributed by atoms with E-state index >= 15 is 0 Å². The molecule has 9 nitrogen and oxygen atoms in total. The maximum atomic E-state index is 12.1. The number of rotatable bonds is 5. The smallest absolute Gasteiger partial charge is 0.333 e. The van der Waals surface area contributed by atoms with Crippen LogP contribution >= 0.6 is 0 Å². The monoisotopic (exact) mass is 358 g/mol. The second-order valence-electron chi connectivity index (χ2n) is 6.05. The molecule has 0 N–H and O–H groups in total. The highest BCUT2D eigenvalue weighted by Crippen LogP contribution is 2.24. The van der Waals surface area contributed by atoms with Crippen LogP contribution in [0.25, 0.3) is 0 Å². The zero-order chi connectivity index (χ0) is 18.8. The minimum Gasteiger partial charge on any atom is -0.425 e. The maximum Gasteiger partial charge on any atom is 0.333 e. The molecule has 0 unspecified atom stereocenters. The van der Waals surface area contributed by atoms with Crippen molar-refractivity contribution in [3.63, 3.8) is 0 Å². The summed E-state index contributed by atoms with van der Waals surface area (Å²) < 4.78 is 6.51. The van der Waals surface area contributed by atoms with Gasteiger partial charge in [-0.05, 0) is 44.5 Å². The zero-order valence-corrected chi connectivity index (χ0v) is 14.5. The Balaban J connectivity index is 1.66. The van der Waals surface area contributed by atoms with Crippen molar-refractivity contribution in [2.45, 2.75) is 33.2 Å². The first-order valence-corrected chi connectivity index (χ1v) is 8.16. The summed E-state index contributed by atoms with van der Waals surface area (Å²) in [6, 6.07) is 6.67. The third kappa shape index (κ3) is 3.41. The van der Waals surface area contributed by atoms with Crippen LogP contribution in [0.2, 0.25) is 0 Å². The lowest BCUT2D eigenvalue weighted by Crippen LogP contribution is -2.23. The average molecular weight is 358 g/mol. The topological polar surface area (TPSA) is 108 Å². The molecule has 1 aliphatic rings. The molecule has 0 spiro atoms. The van der Waals surface area contributed by atoms with Crippen molar-refractivity contribution in [2.24, 2.45) is 0 Å². The van der Waals surface area contributed by atoms with Gasteiger partial charge in [-0.25, -0.2) is 4.79 Å². The molecule has 9 heteroatoms. The number of nitrogens with zero attached hydrogens (tertiary/aromatic N) is 4. The van der Waals surface area contributed by atoms with Crippen LogP contribution in [0, 0.1) is 24.0 Å². The molecule has 0 atom stereocenters. The van der Waals surface area contributed by atoms with Gasteiger partial charge >= 0.3 is 11.7 Å². The van der Waals surface area contributed by atoms with E-state index in [1.165, 1.54) is 18.5 Å². The van der Waals surface area contributed by atoms with Crippen molar-refractivity contribution in [1.82, 2.24) is 9.78 Å². The number of hydrogen-bond donors (Lipinski definition) is 0. The Hall–Kier alpha value is -3.23. The summed E-state index contributed by atoms with van der Waals surface area (Å²) in [6.07, 6.45) is 1.38. The molecular weight excluding hydrogens is 340 g/mol. The van der Waals surface area contributed by atoms with Crippen molar-refractivity contribution >= 4 is 23.3 Å². The van der Waals surface area contributed by atoms with Gasteiger partial charge in [0.15, 0.2) is 0 Å². The molecule has 0 radical (unpaired) electrons. The molecule has 26 heavy (non-hydrogen) atoms. The number of nitro groups is 1. The number of amides is 1. The minimum atomic E-state index is -0.588. The maximum absolute atomic E-state index is 12.1. The predicted octanol–water partition coefficient (Wildman–Crippen LogP) is 2.14. The van der Waals surface area contributed by atoms with E-state index in [2.05, 4.69) is 5.10 Å². The molecule has 3 rings (SSSR count). The molecule has 2 aromatic rings. The Kier molecular flexibility index (Phi) is 4.70. The fourth-order valence-corrected chi connectivity index (χ4v) is 3.01. The normalized spacial score (nSPS) is 13.9. The molecule has 1 aromatic heterocycles. The van der Waals surface area contributed by atoms with Crippen LogP contribution in [-0.4, -0.2) is 33.1 Å². The Morgan fingerprint density at radius 1 is 1.31 bits per heavy atom. The van der Waals surface area contributed by atoms with Crippen LogP contribution < -0.4 is 9.64 Å². The van der Waals surface area contributed by atoms with Gasteiger partial charge in [0.1, 0.15) is 23.7 Å². The van der Waals surface area contributed by atoms with Gasteiger partial charge in [-0.3, -0.25) is 19.6 Å². The van der Waals surface area contributed by atoms with Gasteiger partial charge in [0, 0.05) is 18.7 Å². The quantitative estimate of drug-likeness (QED) is 0.351. The number of carbonyl (C=O) groups is 2. The number of hydrogen-bond acceptors (Lipinski definition) is 6. The number of anilines is 1. The van der Waals surface area contributed by atoms with Gasteiger partial charge in [0.05, 0.1) is 4.92 Å². The van der Waals surface area contributed by atoms with Gasteiger partial charge in [-0.15, -0.1) is 0 Å². The van der Waals surface area contributed by atoms with Gasteiger partial charge in [-0.1, -0.05) is 0 Å². The van der Waals surface area contributed by atoms with Crippen LogP contribution in [0.3, 0.4) is 0 Å². The van der Waals surface area contributed by atoms with Crippen LogP contribution in [-0.2, 0) is 16.1 Å². The molecule has 1 aromatic carbocycles. The van der Waals surface area contributed by atoms with Crippen molar-refractivity contribution in [2.75, 3.05) is 11.4 Å². The van der Waals surface area contributed by atoms with Gasteiger partial charge < -0.3 is 9.64 Å². The van der Waals surface area contributed by atoms with Gasteiger partial charge in [-0.2, -0.15) is 5.10 Å². The molecule has 1 saturated heterocycles. The minimum absolute atomic E-state index is 0.0841. The van der Waals surface area contributed by atoms with E-state index < -0.39 is 10.9 Å². The van der Waals surface area contributed by atoms with E-state index in [1.54, 1.807) is 29.2 Å². The standard InChI is InChI=1S/C17H18N4O5/c1-11-17(21(24)25)12(2)20(18-11)10-16(23)26-14-7-5-13(6-8-14)19-9-3-4-15(19)22/h5-8H,3-4,9-10H2,1-2H3. The number of benzene rings is 1. The molecule has 0 aliphatic carbocycles. The number of esters is 1. The van der Waals surface area contributed by atoms with Crippen molar-refractivity contribution in [3.05, 3.63) is 45.8 Å². The molecule has 0 saturated carbocycles. The average Bonchev–Trinajstić information content (AvgIpc) is 3.11. The molecule has 1 aliphatic heterocycles. The predicted molar refractivity (Wildman–Crippen MR) is 92.0 cm³/mol. The Labute approximate surface area is 149 Å². The highest BCUT2D eigenvalue weighted by Gasteiger charge is 2.24. The first-order valence-electron chi connectivity index (χ1n) is 8.16. The second kappa shape index (κ2) is 6.95. The summed E-state index contributed by atoms with van der Waals surface area (Å²) in [5.74, 6) is -0.169. The fourth-order valence-electron chi connectivity index (χ4n) is 3.01. The lowest BCUT2D eigenvalue weighted by molar-refractivity contribution is -0.386. The number of aromatic nitrogens is 2. The SMILES string of the molecule is Cc1nn(CC(=O)Oc2ccc(N3CCCC3=O)cc2)c(C)c1[N+](=O)[O-]. The summed E-state index contributed by atoms with van der Waals surface area (Å²) in [4.78, 5) is 36.0. The van der Waals surface area contributed by atoms with E-state index in [9.17, 15) is 19.7 Å². The summed E-state index contributed by atoms with van der Waals surface area (Å²) in [5.41, 5.74) is 1.21. The van der Waals surface area contributed by atoms with E-state index in [4.69, 9.17) is 4.74 Å². The summed E-state index contributed by atoms with van der Waals surface area (Å²) in [6.45, 7) is 3.51. The first kappa shape index (κ1) is 17.6.